The molecule has 42 heavy (non-hydrogen) atoms. The first kappa shape index (κ1) is 32.8. The fourth-order valence-corrected chi connectivity index (χ4v) is 5.95. The van der Waals surface area contributed by atoms with Crippen molar-refractivity contribution in [2.75, 3.05) is 25.1 Å². The van der Waals surface area contributed by atoms with Crippen molar-refractivity contribution in [3.05, 3.63) is 83.4 Å². The highest BCUT2D eigenvalue weighted by atomic mass is 35.5. The summed E-state index contributed by atoms with van der Waals surface area (Å²) < 4.78 is 39.5. The van der Waals surface area contributed by atoms with Gasteiger partial charge in [0, 0.05) is 17.6 Å². The van der Waals surface area contributed by atoms with Gasteiger partial charge in [0.1, 0.15) is 24.1 Å². The van der Waals surface area contributed by atoms with Crippen LogP contribution in [0.15, 0.2) is 77.7 Å². The highest BCUT2D eigenvalue weighted by molar-refractivity contribution is 7.92. The van der Waals surface area contributed by atoms with Gasteiger partial charge in [0.25, 0.3) is 10.0 Å². The summed E-state index contributed by atoms with van der Waals surface area (Å²) in [6.07, 6.45) is 1.04. The third-order valence-electron chi connectivity index (χ3n) is 6.90. The average Bonchev–Trinajstić information content (AvgIpc) is 2.99. The monoisotopic (exact) mass is 615 g/mol. The number of nitrogens with one attached hydrogen (secondary N) is 1. The van der Waals surface area contributed by atoms with Gasteiger partial charge >= 0.3 is 0 Å². The van der Waals surface area contributed by atoms with Crippen LogP contribution in [0.3, 0.4) is 0 Å². The Kier molecular flexibility index (Phi) is 11.6. The lowest BCUT2D eigenvalue weighted by molar-refractivity contribution is -0.140. The van der Waals surface area contributed by atoms with Gasteiger partial charge in [-0.15, -0.1) is 0 Å². The van der Waals surface area contributed by atoms with Crippen molar-refractivity contribution in [3.8, 4) is 11.5 Å². The molecule has 1 N–H and O–H groups in total. The van der Waals surface area contributed by atoms with Crippen LogP contribution in [0, 0.1) is 0 Å². The van der Waals surface area contributed by atoms with Crippen LogP contribution in [0.25, 0.3) is 0 Å². The summed E-state index contributed by atoms with van der Waals surface area (Å²) in [5.74, 6) is 0.220. The van der Waals surface area contributed by atoms with Crippen molar-refractivity contribution in [1.82, 2.24) is 10.2 Å². The summed E-state index contributed by atoms with van der Waals surface area (Å²) in [5, 5.41) is 3.27. The Labute approximate surface area is 253 Å². The van der Waals surface area contributed by atoms with Gasteiger partial charge in [0.2, 0.25) is 11.8 Å². The van der Waals surface area contributed by atoms with Gasteiger partial charge < -0.3 is 19.7 Å². The quantitative estimate of drug-likeness (QED) is 0.265. The van der Waals surface area contributed by atoms with Crippen molar-refractivity contribution in [2.24, 2.45) is 0 Å². The minimum Gasteiger partial charge on any atom is -0.497 e. The lowest BCUT2D eigenvalue weighted by atomic mass is 10.1. The Hall–Kier alpha value is -3.76. The van der Waals surface area contributed by atoms with Gasteiger partial charge in [-0.3, -0.25) is 13.9 Å². The van der Waals surface area contributed by atoms with Crippen molar-refractivity contribution in [3.63, 3.8) is 0 Å². The van der Waals surface area contributed by atoms with E-state index < -0.39 is 28.5 Å². The third-order valence-corrected chi connectivity index (χ3v) is 8.92. The highest BCUT2D eigenvalue weighted by Gasteiger charge is 2.34. The molecule has 0 bridgehead atoms. The van der Waals surface area contributed by atoms with Crippen LogP contribution in [-0.4, -0.2) is 58.0 Å². The molecule has 11 heteroatoms. The van der Waals surface area contributed by atoms with Crippen LogP contribution >= 0.6 is 11.6 Å². The second-order valence-electron chi connectivity index (χ2n) is 9.78. The molecule has 2 amide bonds. The molecule has 0 aromatic heterocycles. The van der Waals surface area contributed by atoms with Crippen LogP contribution in [0.5, 0.6) is 11.5 Å². The molecule has 0 aliphatic heterocycles. The number of ether oxygens (including phenoxy) is 2. The molecule has 0 saturated heterocycles. The molecule has 3 aromatic rings. The van der Waals surface area contributed by atoms with Crippen LogP contribution in [0.2, 0.25) is 5.02 Å². The largest absolute Gasteiger partial charge is 0.497 e. The molecule has 2 atom stereocenters. The van der Waals surface area contributed by atoms with E-state index in [9.17, 15) is 18.0 Å². The van der Waals surface area contributed by atoms with Gasteiger partial charge in [0.05, 0.1) is 24.8 Å². The summed E-state index contributed by atoms with van der Waals surface area (Å²) in [5.41, 5.74) is 0.940. The van der Waals surface area contributed by atoms with Gasteiger partial charge in [-0.1, -0.05) is 43.6 Å². The summed E-state index contributed by atoms with van der Waals surface area (Å²) in [6, 6.07) is 18.4. The Balaban J connectivity index is 2.07. The Bertz CT molecular complexity index is 1470. The van der Waals surface area contributed by atoms with Gasteiger partial charge in [-0.2, -0.15) is 0 Å². The van der Waals surface area contributed by atoms with Crippen LogP contribution in [0.1, 0.15) is 39.2 Å². The first-order valence-electron chi connectivity index (χ1n) is 13.7. The molecule has 0 fully saturated rings. The lowest BCUT2D eigenvalue weighted by Gasteiger charge is -2.33. The van der Waals surface area contributed by atoms with E-state index in [1.807, 2.05) is 26.8 Å². The maximum Gasteiger partial charge on any atom is 0.264 e. The maximum absolute atomic E-state index is 14.2. The van der Waals surface area contributed by atoms with E-state index in [2.05, 4.69) is 5.32 Å². The third kappa shape index (κ3) is 8.17. The molecular weight excluding hydrogens is 578 g/mol. The minimum atomic E-state index is -4.23. The highest BCUT2D eigenvalue weighted by Crippen LogP contribution is 2.28. The first-order chi connectivity index (χ1) is 20.0. The molecule has 9 nitrogen and oxygen atoms in total. The van der Waals surface area contributed by atoms with E-state index in [0.29, 0.717) is 29.4 Å². The van der Waals surface area contributed by atoms with E-state index >= 15 is 0 Å². The molecule has 0 aliphatic rings. The molecule has 3 aromatic carbocycles. The fourth-order valence-electron chi connectivity index (χ4n) is 4.36. The number of anilines is 1. The standard InChI is InChI=1S/C31H38ClN3O6S/c1-6-22(3)33-31(37)29(7-2)34(20-23-10-8-13-27(18-23)41-5)30(36)21-35(25-12-9-11-24(32)19-25)42(38,39)28-16-14-26(40-4)15-17-28/h8-19,22,29H,6-7,20-21H2,1-5H3,(H,33,37). The van der Waals surface area contributed by atoms with Crippen molar-refractivity contribution < 1.29 is 27.5 Å². The SMILES string of the molecule is CCC(C)NC(=O)C(CC)N(Cc1cccc(OC)c1)C(=O)CN(c1cccc(Cl)c1)S(=O)(=O)c1ccc(OC)cc1. The fraction of sp³-hybridized carbons (Fsp3) is 0.355. The van der Waals surface area contributed by atoms with E-state index in [1.165, 1.54) is 42.3 Å². The van der Waals surface area contributed by atoms with E-state index in [1.54, 1.807) is 43.5 Å². The molecular formula is C31H38ClN3O6S. The summed E-state index contributed by atoms with van der Waals surface area (Å²) in [4.78, 5) is 28.9. The van der Waals surface area contributed by atoms with Crippen molar-refractivity contribution in [1.29, 1.82) is 0 Å². The number of rotatable bonds is 14. The molecule has 3 rings (SSSR count). The zero-order chi connectivity index (χ0) is 30.9. The molecule has 0 spiro atoms. The van der Waals surface area contributed by atoms with Gasteiger partial charge in [-0.05, 0) is 79.9 Å². The first-order valence-corrected chi connectivity index (χ1v) is 15.5. The van der Waals surface area contributed by atoms with Crippen LogP contribution in [-0.2, 0) is 26.2 Å². The number of nitrogens with zero attached hydrogens (tertiary/aromatic N) is 2. The molecule has 0 radical (unpaired) electrons. The summed E-state index contributed by atoms with van der Waals surface area (Å²) >= 11 is 6.24. The van der Waals surface area contributed by atoms with E-state index in [4.69, 9.17) is 21.1 Å². The van der Waals surface area contributed by atoms with Gasteiger partial charge in [-0.25, -0.2) is 8.42 Å². The molecule has 0 saturated carbocycles. The summed E-state index contributed by atoms with van der Waals surface area (Å²) in [6.45, 7) is 5.16. The van der Waals surface area contributed by atoms with Crippen LogP contribution in [0.4, 0.5) is 5.69 Å². The Morgan fingerprint density at radius 3 is 2.17 bits per heavy atom. The molecule has 0 aliphatic carbocycles. The average molecular weight is 616 g/mol. The van der Waals surface area contributed by atoms with Gasteiger partial charge in [0.15, 0.2) is 0 Å². The van der Waals surface area contributed by atoms with Crippen molar-refractivity contribution in [2.45, 2.75) is 57.1 Å². The maximum atomic E-state index is 14.2. The number of halogens is 1. The van der Waals surface area contributed by atoms with Crippen LogP contribution < -0.4 is 19.1 Å². The molecule has 2 unspecified atom stereocenters. The number of methoxy groups -OCH3 is 2. The van der Waals surface area contributed by atoms with E-state index in [-0.39, 0.29) is 29.1 Å². The molecule has 226 valence electrons. The molecule has 0 heterocycles. The zero-order valence-corrected chi connectivity index (χ0v) is 26.1. The number of sulfonamides is 1. The lowest BCUT2D eigenvalue weighted by Crippen LogP contribution is -2.53. The number of hydrogen-bond acceptors (Lipinski definition) is 6. The topological polar surface area (TPSA) is 105 Å². The zero-order valence-electron chi connectivity index (χ0n) is 24.5. The number of amides is 2. The number of carbonyl (C=O) groups excluding carboxylic acids is 2. The van der Waals surface area contributed by atoms with Crippen molar-refractivity contribution >= 4 is 39.1 Å². The Morgan fingerprint density at radius 2 is 1.57 bits per heavy atom. The summed E-state index contributed by atoms with van der Waals surface area (Å²) in [7, 11) is -1.20. The second-order valence-corrected chi connectivity index (χ2v) is 12.1. The smallest absolute Gasteiger partial charge is 0.264 e. The minimum absolute atomic E-state index is 0.0306. The Morgan fingerprint density at radius 1 is 0.905 bits per heavy atom. The number of carbonyl (C=O) groups is 2. The number of hydrogen-bond donors (Lipinski definition) is 1. The predicted molar refractivity (Wildman–Crippen MR) is 164 cm³/mol. The second kappa shape index (κ2) is 14.9. The normalized spacial score (nSPS) is 12.6. The number of benzene rings is 3. The van der Waals surface area contributed by atoms with E-state index in [0.717, 1.165) is 9.87 Å². The predicted octanol–water partition coefficient (Wildman–Crippen LogP) is 5.27.